The van der Waals surface area contributed by atoms with E-state index in [0.29, 0.717) is 28.1 Å². The SMILES string of the molecule is CCN1C(=O)C(=Cc2ccccc2OC)SC1=Nc1ccc(C(=O)O)cc1. The molecule has 7 heteroatoms. The quantitative estimate of drug-likeness (QED) is 0.790. The van der Waals surface area contributed by atoms with Crippen LogP contribution >= 0.6 is 11.8 Å². The predicted molar refractivity (Wildman–Crippen MR) is 106 cm³/mol. The second-order valence-corrected chi connectivity index (χ2v) is 6.66. The van der Waals surface area contributed by atoms with Crippen molar-refractivity contribution in [1.82, 2.24) is 4.90 Å². The van der Waals surface area contributed by atoms with Crippen molar-refractivity contribution in [2.24, 2.45) is 4.99 Å². The minimum Gasteiger partial charge on any atom is -0.496 e. The van der Waals surface area contributed by atoms with Crippen molar-refractivity contribution < 1.29 is 19.4 Å². The number of aromatic carboxylic acids is 1. The van der Waals surface area contributed by atoms with Gasteiger partial charge in [0.15, 0.2) is 5.17 Å². The highest BCUT2D eigenvalue weighted by Gasteiger charge is 2.32. The minimum absolute atomic E-state index is 0.116. The first-order chi connectivity index (χ1) is 13.0. The van der Waals surface area contributed by atoms with Gasteiger partial charge in [-0.25, -0.2) is 9.79 Å². The molecule has 2 aromatic carbocycles. The van der Waals surface area contributed by atoms with E-state index in [9.17, 15) is 9.59 Å². The number of para-hydroxylation sites is 1. The molecule has 0 atom stereocenters. The maximum atomic E-state index is 12.7. The van der Waals surface area contributed by atoms with E-state index < -0.39 is 5.97 Å². The van der Waals surface area contributed by atoms with Gasteiger partial charge in [-0.1, -0.05) is 18.2 Å². The molecule has 1 aliphatic rings. The maximum Gasteiger partial charge on any atom is 0.335 e. The molecule has 1 amide bonds. The van der Waals surface area contributed by atoms with Crippen LogP contribution in [0.5, 0.6) is 5.75 Å². The summed E-state index contributed by atoms with van der Waals surface area (Å²) < 4.78 is 5.34. The van der Waals surface area contributed by atoms with Crippen LogP contribution in [0, 0.1) is 0 Å². The number of amidine groups is 1. The van der Waals surface area contributed by atoms with E-state index in [0.717, 1.165) is 5.56 Å². The van der Waals surface area contributed by atoms with Gasteiger partial charge in [0.05, 0.1) is 23.3 Å². The van der Waals surface area contributed by atoms with E-state index in [-0.39, 0.29) is 11.5 Å². The number of hydrogen-bond donors (Lipinski definition) is 1. The van der Waals surface area contributed by atoms with Crippen LogP contribution in [0.4, 0.5) is 5.69 Å². The molecule has 6 nitrogen and oxygen atoms in total. The zero-order chi connectivity index (χ0) is 19.4. The Kier molecular flexibility index (Phi) is 5.61. The summed E-state index contributed by atoms with van der Waals surface area (Å²) in [6.07, 6.45) is 1.80. The van der Waals surface area contributed by atoms with Crippen molar-refractivity contribution in [2.75, 3.05) is 13.7 Å². The Morgan fingerprint density at radius 2 is 1.93 bits per heavy atom. The molecule has 1 fully saturated rings. The maximum absolute atomic E-state index is 12.7. The number of nitrogens with zero attached hydrogens (tertiary/aromatic N) is 2. The fourth-order valence-electron chi connectivity index (χ4n) is 2.59. The van der Waals surface area contributed by atoms with Gasteiger partial charge in [0.2, 0.25) is 0 Å². The van der Waals surface area contributed by atoms with Crippen LogP contribution < -0.4 is 4.74 Å². The summed E-state index contributed by atoms with van der Waals surface area (Å²) in [6.45, 7) is 2.37. The number of benzene rings is 2. The predicted octanol–water partition coefficient (Wildman–Crippen LogP) is 4.02. The number of hydrogen-bond acceptors (Lipinski definition) is 5. The molecule has 3 rings (SSSR count). The van der Waals surface area contributed by atoms with Crippen molar-refractivity contribution in [1.29, 1.82) is 0 Å². The number of ether oxygens (including phenoxy) is 1. The molecule has 0 spiro atoms. The largest absolute Gasteiger partial charge is 0.496 e. The molecule has 1 aliphatic heterocycles. The van der Waals surface area contributed by atoms with Crippen molar-refractivity contribution >= 4 is 40.6 Å². The number of carbonyl (C=O) groups excluding carboxylic acids is 1. The first-order valence-corrected chi connectivity index (χ1v) is 9.11. The second kappa shape index (κ2) is 8.09. The fourth-order valence-corrected chi connectivity index (χ4v) is 3.64. The lowest BCUT2D eigenvalue weighted by Crippen LogP contribution is -2.28. The summed E-state index contributed by atoms with van der Waals surface area (Å²) in [5, 5.41) is 9.54. The Morgan fingerprint density at radius 3 is 2.56 bits per heavy atom. The van der Waals surface area contributed by atoms with E-state index in [4.69, 9.17) is 9.84 Å². The Morgan fingerprint density at radius 1 is 1.22 bits per heavy atom. The smallest absolute Gasteiger partial charge is 0.335 e. The monoisotopic (exact) mass is 382 g/mol. The lowest BCUT2D eigenvalue weighted by atomic mass is 10.2. The number of amides is 1. The molecule has 138 valence electrons. The topological polar surface area (TPSA) is 79.2 Å². The van der Waals surface area contributed by atoms with Crippen LogP contribution in [-0.4, -0.2) is 40.7 Å². The van der Waals surface area contributed by atoms with Crippen molar-refractivity contribution in [3.8, 4) is 5.75 Å². The molecular weight excluding hydrogens is 364 g/mol. The Bertz CT molecular complexity index is 935. The Hall–Kier alpha value is -3.06. The lowest BCUT2D eigenvalue weighted by molar-refractivity contribution is -0.122. The van der Waals surface area contributed by atoms with Crippen LogP contribution in [-0.2, 0) is 4.79 Å². The van der Waals surface area contributed by atoms with Gasteiger partial charge in [-0.05, 0) is 55.1 Å². The average Bonchev–Trinajstić information content (AvgIpc) is 2.97. The van der Waals surface area contributed by atoms with Crippen LogP contribution in [0.3, 0.4) is 0 Å². The summed E-state index contributed by atoms with van der Waals surface area (Å²) in [4.78, 5) is 30.3. The first-order valence-electron chi connectivity index (χ1n) is 8.30. The van der Waals surface area contributed by atoms with Crippen molar-refractivity contribution in [2.45, 2.75) is 6.92 Å². The number of methoxy groups -OCH3 is 1. The van der Waals surface area contributed by atoms with Gasteiger partial charge in [-0.15, -0.1) is 0 Å². The van der Waals surface area contributed by atoms with Crippen LogP contribution in [0.1, 0.15) is 22.8 Å². The van der Waals surface area contributed by atoms with Gasteiger partial charge < -0.3 is 9.84 Å². The Labute approximate surface area is 161 Å². The summed E-state index contributed by atoms with van der Waals surface area (Å²) in [6, 6.07) is 13.7. The minimum atomic E-state index is -0.989. The highest BCUT2D eigenvalue weighted by Crippen LogP contribution is 2.35. The van der Waals surface area contributed by atoms with Gasteiger partial charge in [0, 0.05) is 12.1 Å². The Balaban J connectivity index is 1.92. The molecule has 2 aromatic rings. The molecule has 0 saturated carbocycles. The summed E-state index contributed by atoms with van der Waals surface area (Å²) in [7, 11) is 1.59. The molecule has 0 unspecified atom stereocenters. The molecule has 0 aliphatic carbocycles. The number of thioether (sulfide) groups is 1. The van der Waals surface area contributed by atoms with Crippen molar-refractivity contribution in [3.63, 3.8) is 0 Å². The number of aliphatic imine (C=N–C) groups is 1. The van der Waals surface area contributed by atoms with Gasteiger partial charge in [0.25, 0.3) is 5.91 Å². The van der Waals surface area contributed by atoms with Crippen molar-refractivity contribution in [3.05, 3.63) is 64.6 Å². The molecule has 0 radical (unpaired) electrons. The fraction of sp³-hybridized carbons (Fsp3) is 0.150. The average molecular weight is 382 g/mol. The van der Waals surface area contributed by atoms with Crippen LogP contribution in [0.15, 0.2) is 58.4 Å². The van der Waals surface area contributed by atoms with E-state index in [1.807, 2.05) is 31.2 Å². The lowest BCUT2D eigenvalue weighted by Gasteiger charge is -2.12. The number of carboxylic acid groups (broad SMARTS) is 1. The third kappa shape index (κ3) is 4.03. The van der Waals surface area contributed by atoms with Crippen LogP contribution in [0.2, 0.25) is 0 Å². The number of likely N-dealkylation sites (N-methyl/N-ethyl adjacent to an activating group) is 1. The summed E-state index contributed by atoms with van der Waals surface area (Å²) in [5.74, 6) is -0.415. The van der Waals surface area contributed by atoms with Crippen LogP contribution in [0.25, 0.3) is 6.08 Å². The van der Waals surface area contributed by atoms with Gasteiger partial charge >= 0.3 is 5.97 Å². The van der Waals surface area contributed by atoms with Gasteiger partial charge in [-0.2, -0.15) is 0 Å². The number of carbonyl (C=O) groups is 2. The van der Waals surface area contributed by atoms with E-state index in [2.05, 4.69) is 4.99 Å². The highest BCUT2D eigenvalue weighted by atomic mass is 32.2. The molecule has 0 aromatic heterocycles. The second-order valence-electron chi connectivity index (χ2n) is 5.65. The van der Waals surface area contributed by atoms with Gasteiger partial charge in [-0.3, -0.25) is 9.69 Å². The van der Waals surface area contributed by atoms with E-state index in [1.165, 1.54) is 23.9 Å². The molecule has 1 saturated heterocycles. The zero-order valence-corrected chi connectivity index (χ0v) is 15.7. The van der Waals surface area contributed by atoms with E-state index in [1.54, 1.807) is 30.2 Å². The summed E-state index contributed by atoms with van der Waals surface area (Å²) >= 11 is 1.29. The first kappa shape index (κ1) is 18.7. The molecule has 27 heavy (non-hydrogen) atoms. The zero-order valence-electron chi connectivity index (χ0n) is 14.9. The molecule has 1 N–H and O–H groups in total. The van der Waals surface area contributed by atoms with Gasteiger partial charge in [0.1, 0.15) is 5.75 Å². The standard InChI is InChI=1S/C20H18N2O4S/c1-3-22-18(23)17(12-14-6-4-5-7-16(14)26-2)27-20(22)21-15-10-8-13(9-11-15)19(24)25/h4-12H,3H2,1-2H3,(H,24,25). The number of rotatable bonds is 5. The highest BCUT2D eigenvalue weighted by molar-refractivity contribution is 8.18. The summed E-state index contributed by atoms with van der Waals surface area (Å²) in [5.41, 5.74) is 1.60. The molecule has 1 heterocycles. The van der Waals surface area contributed by atoms with E-state index >= 15 is 0 Å². The third-order valence-electron chi connectivity index (χ3n) is 3.97. The number of carboxylic acids is 1. The third-order valence-corrected chi connectivity index (χ3v) is 4.98. The normalized spacial score (nSPS) is 17.0. The molecular formula is C20H18N2O4S. The molecule has 0 bridgehead atoms.